The van der Waals surface area contributed by atoms with Crippen LogP contribution >= 0.6 is 0 Å². The number of aromatic nitrogens is 2. The Kier molecular flexibility index (Phi) is 15.4. The third-order valence-corrected chi connectivity index (χ3v) is 5.36. The van der Waals surface area contributed by atoms with Crippen LogP contribution in [0.4, 0.5) is 0 Å². The van der Waals surface area contributed by atoms with Crippen LogP contribution in [0.25, 0.3) is 0 Å². The van der Waals surface area contributed by atoms with E-state index in [1.165, 1.54) is 103 Å². The molecule has 1 heterocycles. The molecule has 0 aliphatic rings. The summed E-state index contributed by atoms with van der Waals surface area (Å²) in [5, 5.41) is 0. The van der Waals surface area contributed by atoms with Gasteiger partial charge < -0.3 is 0 Å². The summed E-state index contributed by atoms with van der Waals surface area (Å²) in [6, 6.07) is 0. The molecule has 0 atom stereocenters. The number of rotatable bonds is 19. The average Bonchev–Trinajstić information content (AvgIpc) is 3.09. The summed E-state index contributed by atoms with van der Waals surface area (Å²) in [6.07, 6.45) is 31.4. The van der Waals surface area contributed by atoms with Crippen molar-refractivity contribution in [3.63, 3.8) is 0 Å². The highest BCUT2D eigenvalue weighted by molar-refractivity contribution is 4.73. The van der Waals surface area contributed by atoms with Crippen LogP contribution in [0.1, 0.15) is 110 Å². The van der Waals surface area contributed by atoms with E-state index in [2.05, 4.69) is 41.4 Å². The van der Waals surface area contributed by atoms with E-state index in [0.717, 1.165) is 13.1 Å². The second-order valence-electron chi connectivity index (χ2n) is 7.94. The van der Waals surface area contributed by atoms with Gasteiger partial charge in [0.1, 0.15) is 18.9 Å². The SMILES string of the molecule is C=CCn1cc[n+](CCCCCCCCCCCCCCCCCC)c1. The van der Waals surface area contributed by atoms with Crippen molar-refractivity contribution in [3.05, 3.63) is 31.4 Å². The summed E-state index contributed by atoms with van der Waals surface area (Å²) in [7, 11) is 0. The standard InChI is InChI=1S/C24H45N2/c1-3-5-6-7-8-9-10-11-12-13-14-15-16-17-18-19-21-26-23-22-25(24-26)20-4-2/h4,22-24H,2-3,5-21H2,1H3/q+1. The molecule has 0 N–H and O–H groups in total. The van der Waals surface area contributed by atoms with Gasteiger partial charge in [-0.25, -0.2) is 9.13 Å². The molecule has 2 nitrogen and oxygen atoms in total. The second kappa shape index (κ2) is 17.4. The fraction of sp³-hybridized carbons (Fsp3) is 0.792. The van der Waals surface area contributed by atoms with E-state index in [9.17, 15) is 0 Å². The topological polar surface area (TPSA) is 8.81 Å². The molecule has 0 saturated heterocycles. The normalized spacial score (nSPS) is 11.1. The molecule has 0 aliphatic carbocycles. The molecule has 0 amide bonds. The van der Waals surface area contributed by atoms with Crippen LogP contribution in [-0.2, 0) is 13.1 Å². The Labute approximate surface area is 163 Å². The minimum atomic E-state index is 0.909. The Morgan fingerprint density at radius 1 is 0.731 bits per heavy atom. The van der Waals surface area contributed by atoms with Gasteiger partial charge in [0.15, 0.2) is 0 Å². The molecule has 0 aliphatic heterocycles. The summed E-state index contributed by atoms with van der Waals surface area (Å²) in [5.41, 5.74) is 0. The number of imidazole rings is 1. The van der Waals surface area contributed by atoms with Crippen LogP contribution in [0.5, 0.6) is 0 Å². The fourth-order valence-electron chi connectivity index (χ4n) is 3.67. The Balaban J connectivity index is 1.76. The van der Waals surface area contributed by atoms with Crippen molar-refractivity contribution < 1.29 is 4.57 Å². The summed E-state index contributed by atoms with van der Waals surface area (Å²) in [6.45, 7) is 8.14. The highest BCUT2D eigenvalue weighted by atomic mass is 15.1. The Morgan fingerprint density at radius 2 is 1.19 bits per heavy atom. The van der Waals surface area contributed by atoms with Gasteiger partial charge in [-0.05, 0) is 12.8 Å². The minimum Gasteiger partial charge on any atom is -0.237 e. The summed E-state index contributed by atoms with van der Waals surface area (Å²) in [4.78, 5) is 0. The molecule has 1 aromatic rings. The summed E-state index contributed by atoms with van der Waals surface area (Å²) >= 11 is 0. The van der Waals surface area contributed by atoms with Gasteiger partial charge in [-0.3, -0.25) is 0 Å². The molecule has 150 valence electrons. The maximum absolute atomic E-state index is 3.78. The number of hydrogen-bond acceptors (Lipinski definition) is 0. The Morgan fingerprint density at radius 3 is 1.65 bits per heavy atom. The van der Waals surface area contributed by atoms with E-state index in [1.54, 1.807) is 0 Å². The van der Waals surface area contributed by atoms with E-state index >= 15 is 0 Å². The molecular formula is C24H45N2+. The van der Waals surface area contributed by atoms with Gasteiger partial charge in [-0.1, -0.05) is 109 Å². The van der Waals surface area contributed by atoms with Crippen molar-refractivity contribution in [2.45, 2.75) is 123 Å². The second-order valence-corrected chi connectivity index (χ2v) is 7.94. The third-order valence-electron chi connectivity index (χ3n) is 5.36. The van der Waals surface area contributed by atoms with E-state index in [1.807, 2.05) is 6.08 Å². The quantitative estimate of drug-likeness (QED) is 0.140. The summed E-state index contributed by atoms with van der Waals surface area (Å²) < 4.78 is 4.48. The number of aryl methyl sites for hydroxylation is 1. The van der Waals surface area contributed by atoms with Crippen LogP contribution in [0.2, 0.25) is 0 Å². The van der Waals surface area contributed by atoms with Gasteiger partial charge in [0.05, 0.1) is 6.54 Å². The Hall–Kier alpha value is -1.05. The van der Waals surface area contributed by atoms with E-state index in [4.69, 9.17) is 0 Å². The van der Waals surface area contributed by atoms with Crippen molar-refractivity contribution in [1.82, 2.24) is 4.57 Å². The molecule has 2 heteroatoms. The Bertz CT molecular complexity index is 422. The van der Waals surface area contributed by atoms with Crippen LogP contribution < -0.4 is 4.57 Å². The van der Waals surface area contributed by atoms with Gasteiger partial charge in [0.2, 0.25) is 6.33 Å². The average molecular weight is 362 g/mol. The van der Waals surface area contributed by atoms with E-state index < -0.39 is 0 Å². The van der Waals surface area contributed by atoms with Crippen molar-refractivity contribution in [2.24, 2.45) is 0 Å². The summed E-state index contributed by atoms with van der Waals surface area (Å²) in [5.74, 6) is 0. The van der Waals surface area contributed by atoms with Crippen molar-refractivity contribution in [2.75, 3.05) is 0 Å². The van der Waals surface area contributed by atoms with Crippen LogP contribution in [-0.4, -0.2) is 4.57 Å². The lowest BCUT2D eigenvalue weighted by Gasteiger charge is -2.03. The molecular weight excluding hydrogens is 316 g/mol. The lowest BCUT2D eigenvalue weighted by Crippen LogP contribution is -2.30. The first-order valence-electron chi connectivity index (χ1n) is 11.5. The molecule has 0 spiro atoms. The molecule has 0 fully saturated rings. The minimum absolute atomic E-state index is 0.909. The number of allylic oxidation sites excluding steroid dienone is 1. The van der Waals surface area contributed by atoms with E-state index in [0.29, 0.717) is 0 Å². The molecule has 1 rings (SSSR count). The molecule has 0 unspecified atom stereocenters. The number of hydrogen-bond donors (Lipinski definition) is 0. The third kappa shape index (κ3) is 13.2. The first-order chi connectivity index (χ1) is 12.9. The van der Waals surface area contributed by atoms with Crippen molar-refractivity contribution in [3.8, 4) is 0 Å². The first-order valence-corrected chi connectivity index (χ1v) is 11.5. The van der Waals surface area contributed by atoms with E-state index in [-0.39, 0.29) is 0 Å². The van der Waals surface area contributed by atoms with Crippen LogP contribution in [0, 0.1) is 0 Å². The lowest BCUT2D eigenvalue weighted by atomic mass is 10.0. The predicted octanol–water partition coefficient (Wildman–Crippen LogP) is 7.22. The predicted molar refractivity (Wildman–Crippen MR) is 114 cm³/mol. The fourth-order valence-corrected chi connectivity index (χ4v) is 3.67. The van der Waals surface area contributed by atoms with Crippen LogP contribution in [0.15, 0.2) is 31.4 Å². The largest absolute Gasteiger partial charge is 0.244 e. The van der Waals surface area contributed by atoms with Gasteiger partial charge >= 0.3 is 0 Å². The van der Waals surface area contributed by atoms with Crippen molar-refractivity contribution in [1.29, 1.82) is 0 Å². The van der Waals surface area contributed by atoms with Crippen molar-refractivity contribution >= 4 is 0 Å². The molecule has 0 saturated carbocycles. The number of nitrogens with zero attached hydrogens (tertiary/aromatic N) is 2. The zero-order chi connectivity index (χ0) is 18.7. The molecule has 26 heavy (non-hydrogen) atoms. The molecule has 1 aromatic heterocycles. The first kappa shape index (κ1) is 23.0. The van der Waals surface area contributed by atoms with Gasteiger partial charge in [0.25, 0.3) is 0 Å². The smallest absolute Gasteiger partial charge is 0.237 e. The van der Waals surface area contributed by atoms with Gasteiger partial charge in [0, 0.05) is 0 Å². The highest BCUT2D eigenvalue weighted by Gasteiger charge is 2.01. The highest BCUT2D eigenvalue weighted by Crippen LogP contribution is 2.13. The molecule has 0 radical (unpaired) electrons. The maximum atomic E-state index is 3.78. The zero-order valence-corrected chi connectivity index (χ0v) is 17.6. The van der Waals surface area contributed by atoms with Crippen LogP contribution in [0.3, 0.4) is 0 Å². The maximum Gasteiger partial charge on any atom is 0.244 e. The van der Waals surface area contributed by atoms with Gasteiger partial charge in [-0.2, -0.15) is 0 Å². The number of unbranched alkanes of at least 4 members (excludes halogenated alkanes) is 15. The molecule has 0 bridgehead atoms. The lowest BCUT2D eigenvalue weighted by molar-refractivity contribution is -0.696. The monoisotopic (exact) mass is 361 g/mol. The molecule has 0 aromatic carbocycles. The van der Waals surface area contributed by atoms with Gasteiger partial charge in [-0.15, -0.1) is 0 Å². The zero-order valence-electron chi connectivity index (χ0n) is 17.6.